The van der Waals surface area contributed by atoms with Gasteiger partial charge in [-0.1, -0.05) is 13.0 Å². The zero-order valence-corrected chi connectivity index (χ0v) is 17.3. The fourth-order valence-corrected chi connectivity index (χ4v) is 4.11. The Morgan fingerprint density at radius 2 is 1.94 bits per heavy atom. The van der Waals surface area contributed by atoms with Gasteiger partial charge in [-0.25, -0.2) is 4.98 Å². The first-order valence-corrected chi connectivity index (χ1v) is 10.5. The van der Waals surface area contributed by atoms with Crippen LogP contribution in [0, 0.1) is 0 Å². The monoisotopic (exact) mass is 417 g/mol. The molecule has 158 valence electrons. The van der Waals surface area contributed by atoms with Crippen molar-refractivity contribution >= 4 is 28.4 Å². The van der Waals surface area contributed by atoms with Crippen molar-refractivity contribution in [1.29, 1.82) is 0 Å². The van der Waals surface area contributed by atoms with Crippen LogP contribution in [-0.2, 0) is 6.42 Å². The molecule has 1 aromatic carbocycles. The molecule has 1 aliphatic rings. The van der Waals surface area contributed by atoms with E-state index in [4.69, 9.17) is 0 Å². The number of pyridine rings is 1. The van der Waals surface area contributed by atoms with E-state index >= 15 is 0 Å². The molecule has 0 unspecified atom stereocenters. The molecule has 1 N–H and O–H groups in total. The van der Waals surface area contributed by atoms with Crippen molar-refractivity contribution in [2.75, 3.05) is 31.1 Å². The number of benzene rings is 1. The average molecular weight is 417 g/mol. The van der Waals surface area contributed by atoms with Gasteiger partial charge in [-0.2, -0.15) is 0 Å². The zero-order chi connectivity index (χ0) is 21.4. The number of aromatic amines is 1. The third-order valence-electron chi connectivity index (χ3n) is 5.68. The maximum absolute atomic E-state index is 13.1. The number of hydrogen-bond donors (Lipinski definition) is 1. The van der Waals surface area contributed by atoms with Gasteiger partial charge in [0.25, 0.3) is 11.5 Å². The minimum Gasteiger partial charge on any atom is -0.353 e. The molecular weight excluding hydrogens is 394 g/mol. The molecule has 0 saturated carbocycles. The van der Waals surface area contributed by atoms with Gasteiger partial charge in [-0.05, 0) is 36.8 Å². The lowest BCUT2D eigenvalue weighted by Crippen LogP contribution is -2.49. The number of aryl methyl sites for hydroxylation is 1. The van der Waals surface area contributed by atoms with Gasteiger partial charge in [0.2, 0.25) is 5.65 Å². The van der Waals surface area contributed by atoms with E-state index < -0.39 is 0 Å². The fourth-order valence-electron chi connectivity index (χ4n) is 4.11. The minimum absolute atomic E-state index is 0.0407. The number of carbonyl (C=O) groups is 1. The van der Waals surface area contributed by atoms with Gasteiger partial charge in [0, 0.05) is 44.4 Å². The smallest absolute Gasteiger partial charge is 0.294 e. The van der Waals surface area contributed by atoms with Crippen LogP contribution in [0.5, 0.6) is 0 Å². The number of hydrogen-bond acceptors (Lipinski definition) is 6. The van der Waals surface area contributed by atoms with Gasteiger partial charge < -0.3 is 14.8 Å². The Labute approximate surface area is 178 Å². The SMILES string of the molecule is CCCc1nnc2c(=O)[nH]c3cc(C(=O)N4CCN(c5ccccn5)CC4)ccc3n12. The number of piperazine rings is 1. The molecule has 4 aromatic rings. The van der Waals surface area contributed by atoms with Crippen molar-refractivity contribution in [3.8, 4) is 0 Å². The Bertz CT molecular complexity index is 1300. The molecule has 9 heteroatoms. The van der Waals surface area contributed by atoms with Crippen LogP contribution in [0.1, 0.15) is 29.5 Å². The van der Waals surface area contributed by atoms with E-state index in [0.717, 1.165) is 43.1 Å². The van der Waals surface area contributed by atoms with Crippen LogP contribution in [0.2, 0.25) is 0 Å². The van der Waals surface area contributed by atoms with Crippen molar-refractivity contribution < 1.29 is 4.79 Å². The van der Waals surface area contributed by atoms with Crippen LogP contribution < -0.4 is 10.5 Å². The van der Waals surface area contributed by atoms with Crippen molar-refractivity contribution in [3.63, 3.8) is 0 Å². The maximum Gasteiger partial charge on any atom is 0.294 e. The third kappa shape index (κ3) is 3.41. The largest absolute Gasteiger partial charge is 0.353 e. The molecular formula is C22H23N7O2. The third-order valence-corrected chi connectivity index (χ3v) is 5.68. The lowest BCUT2D eigenvalue weighted by atomic mass is 10.1. The molecule has 1 amide bonds. The van der Waals surface area contributed by atoms with Gasteiger partial charge in [-0.3, -0.25) is 14.0 Å². The van der Waals surface area contributed by atoms with Gasteiger partial charge >= 0.3 is 0 Å². The summed E-state index contributed by atoms with van der Waals surface area (Å²) in [4.78, 5) is 36.9. The van der Waals surface area contributed by atoms with Crippen molar-refractivity contribution in [1.82, 2.24) is 29.5 Å². The van der Waals surface area contributed by atoms with E-state index in [1.807, 2.05) is 35.2 Å². The Morgan fingerprint density at radius 1 is 1.10 bits per heavy atom. The molecule has 9 nitrogen and oxygen atoms in total. The average Bonchev–Trinajstić information content (AvgIpc) is 3.24. The van der Waals surface area contributed by atoms with Gasteiger partial charge in [0.15, 0.2) is 0 Å². The highest BCUT2D eigenvalue weighted by atomic mass is 16.2. The summed E-state index contributed by atoms with van der Waals surface area (Å²) < 4.78 is 1.79. The Kier molecular flexibility index (Phi) is 4.85. The van der Waals surface area contributed by atoms with E-state index in [9.17, 15) is 9.59 Å². The predicted molar refractivity (Wildman–Crippen MR) is 117 cm³/mol. The lowest BCUT2D eigenvalue weighted by molar-refractivity contribution is 0.0746. The highest BCUT2D eigenvalue weighted by Crippen LogP contribution is 2.19. The summed E-state index contributed by atoms with van der Waals surface area (Å²) in [7, 11) is 0. The van der Waals surface area contributed by atoms with Gasteiger partial charge in [-0.15, -0.1) is 10.2 Å². The second-order valence-electron chi connectivity index (χ2n) is 7.68. The summed E-state index contributed by atoms with van der Waals surface area (Å²) in [6.45, 7) is 4.76. The van der Waals surface area contributed by atoms with E-state index in [1.54, 1.807) is 16.7 Å². The van der Waals surface area contributed by atoms with E-state index in [2.05, 4.69) is 32.0 Å². The first kappa shape index (κ1) is 19.2. The number of fused-ring (bicyclic) bond motifs is 3. The number of aromatic nitrogens is 5. The summed E-state index contributed by atoms with van der Waals surface area (Å²) in [6.07, 6.45) is 3.40. The normalized spacial score (nSPS) is 14.5. The highest BCUT2D eigenvalue weighted by molar-refractivity contribution is 5.97. The molecule has 0 aliphatic carbocycles. The predicted octanol–water partition coefficient (Wildman–Crippen LogP) is 1.88. The number of carbonyl (C=O) groups excluding carboxylic acids is 1. The molecule has 0 spiro atoms. The lowest BCUT2D eigenvalue weighted by Gasteiger charge is -2.35. The number of nitrogens with one attached hydrogen (secondary N) is 1. The molecule has 4 heterocycles. The standard InChI is InChI=1S/C22H23N7O2/c1-2-5-19-25-26-20-21(30)24-16-14-15(7-8-17(16)29(19)20)22(31)28-12-10-27(11-13-28)18-6-3-4-9-23-18/h3-4,6-9,14H,2,5,10-13H2,1H3,(H,24,30). The topological polar surface area (TPSA) is 99.5 Å². The first-order chi connectivity index (χ1) is 15.2. The quantitative estimate of drug-likeness (QED) is 0.544. The molecule has 0 atom stereocenters. The minimum atomic E-state index is -0.309. The Hall–Kier alpha value is -3.75. The van der Waals surface area contributed by atoms with Crippen LogP contribution in [0.3, 0.4) is 0 Å². The van der Waals surface area contributed by atoms with Gasteiger partial charge in [0.1, 0.15) is 11.6 Å². The number of amides is 1. The molecule has 1 saturated heterocycles. The molecule has 1 aliphatic heterocycles. The molecule has 31 heavy (non-hydrogen) atoms. The second kappa shape index (κ2) is 7.82. The summed E-state index contributed by atoms with van der Waals surface area (Å²) in [5.74, 6) is 1.64. The van der Waals surface area contributed by atoms with Crippen LogP contribution in [-0.4, -0.2) is 61.6 Å². The molecule has 1 fully saturated rings. The van der Waals surface area contributed by atoms with Crippen LogP contribution in [0.15, 0.2) is 47.4 Å². The van der Waals surface area contributed by atoms with E-state index in [0.29, 0.717) is 24.2 Å². The van der Waals surface area contributed by atoms with Crippen LogP contribution in [0.4, 0.5) is 5.82 Å². The molecule has 5 rings (SSSR count). The number of H-pyrrole nitrogens is 1. The van der Waals surface area contributed by atoms with Crippen LogP contribution >= 0.6 is 0 Å². The first-order valence-electron chi connectivity index (χ1n) is 10.5. The van der Waals surface area contributed by atoms with Crippen molar-refractivity contribution in [3.05, 3.63) is 64.3 Å². The molecule has 0 radical (unpaired) electrons. The summed E-state index contributed by atoms with van der Waals surface area (Å²) in [5.41, 5.74) is 1.92. The molecule has 3 aromatic heterocycles. The summed E-state index contributed by atoms with van der Waals surface area (Å²) in [6, 6.07) is 11.3. The second-order valence-corrected chi connectivity index (χ2v) is 7.68. The molecule has 0 bridgehead atoms. The van der Waals surface area contributed by atoms with Crippen molar-refractivity contribution in [2.24, 2.45) is 0 Å². The summed E-state index contributed by atoms with van der Waals surface area (Å²) >= 11 is 0. The van der Waals surface area contributed by atoms with E-state index in [-0.39, 0.29) is 17.1 Å². The van der Waals surface area contributed by atoms with Crippen molar-refractivity contribution in [2.45, 2.75) is 19.8 Å². The fraction of sp³-hybridized carbons (Fsp3) is 0.318. The Morgan fingerprint density at radius 3 is 2.68 bits per heavy atom. The van der Waals surface area contributed by atoms with Gasteiger partial charge in [0.05, 0.1) is 11.0 Å². The maximum atomic E-state index is 13.1. The van der Waals surface area contributed by atoms with E-state index in [1.165, 1.54) is 0 Å². The number of anilines is 1. The summed E-state index contributed by atoms with van der Waals surface area (Å²) in [5, 5.41) is 8.20. The number of rotatable bonds is 4. The zero-order valence-electron chi connectivity index (χ0n) is 17.3. The highest BCUT2D eigenvalue weighted by Gasteiger charge is 2.23. The van der Waals surface area contributed by atoms with Crippen LogP contribution in [0.25, 0.3) is 16.7 Å². The Balaban J connectivity index is 1.41. The number of nitrogens with zero attached hydrogens (tertiary/aromatic N) is 6.